The number of nitrogens with zero attached hydrogens (tertiary/aromatic N) is 2. The second kappa shape index (κ2) is 5.18. The molecule has 1 unspecified atom stereocenters. The summed E-state index contributed by atoms with van der Waals surface area (Å²) in [5.41, 5.74) is 1.28. The molecule has 2 rings (SSSR count). The third kappa shape index (κ3) is 3.43. The van der Waals surface area contributed by atoms with E-state index >= 15 is 0 Å². The van der Waals surface area contributed by atoms with Crippen molar-refractivity contribution < 1.29 is 0 Å². The highest BCUT2D eigenvalue weighted by Crippen LogP contribution is 2.38. The highest BCUT2D eigenvalue weighted by Gasteiger charge is 2.31. The van der Waals surface area contributed by atoms with Crippen LogP contribution in [-0.4, -0.2) is 16.0 Å². The fraction of sp³-hybridized carbons (Fsp3) is 0.750. The Hall–Kier alpha value is -0.830. The number of halogens is 1. The van der Waals surface area contributed by atoms with E-state index in [4.69, 9.17) is 16.6 Å². The molecule has 112 valence electrons. The molecule has 0 aliphatic heterocycles. The third-order valence-electron chi connectivity index (χ3n) is 4.07. The molecular formula is C16H26ClN3. The highest BCUT2D eigenvalue weighted by molar-refractivity contribution is 6.30. The van der Waals surface area contributed by atoms with Gasteiger partial charge in [0, 0.05) is 17.0 Å². The number of anilines is 1. The van der Waals surface area contributed by atoms with E-state index in [2.05, 4.69) is 44.9 Å². The van der Waals surface area contributed by atoms with Crippen LogP contribution in [0.15, 0.2) is 0 Å². The largest absolute Gasteiger partial charge is 0.367 e. The summed E-state index contributed by atoms with van der Waals surface area (Å²) in [6.45, 7) is 13.0. The minimum atomic E-state index is -0.0945. The van der Waals surface area contributed by atoms with Gasteiger partial charge in [0.25, 0.3) is 0 Å². The summed E-state index contributed by atoms with van der Waals surface area (Å²) in [6, 6.07) is 0.488. The quantitative estimate of drug-likeness (QED) is 0.802. The number of aromatic nitrogens is 2. The minimum absolute atomic E-state index is 0.0945. The number of nitrogens with one attached hydrogen (secondary N) is 1. The molecule has 1 heterocycles. The van der Waals surface area contributed by atoms with Crippen molar-refractivity contribution in [3.05, 3.63) is 16.5 Å². The van der Waals surface area contributed by atoms with Gasteiger partial charge in [-0.1, -0.05) is 46.2 Å². The van der Waals surface area contributed by atoms with Crippen molar-refractivity contribution in [2.75, 3.05) is 5.32 Å². The lowest BCUT2D eigenvalue weighted by Crippen LogP contribution is -2.22. The molecule has 0 radical (unpaired) electrons. The standard InChI is InChI=1S/C16H26ClN3/c1-10-12(17)19-14(15(2,3)4)20-13(10)18-11-7-8-16(5,6)9-11/h11H,7-9H2,1-6H3,(H,18,19,20). The summed E-state index contributed by atoms with van der Waals surface area (Å²) in [5.74, 6) is 1.70. The van der Waals surface area contributed by atoms with Gasteiger partial charge in [0.1, 0.15) is 16.8 Å². The molecule has 1 aliphatic carbocycles. The maximum Gasteiger partial charge on any atom is 0.137 e. The van der Waals surface area contributed by atoms with Gasteiger partial charge in [-0.05, 0) is 31.6 Å². The molecule has 1 fully saturated rings. The predicted molar refractivity (Wildman–Crippen MR) is 85.5 cm³/mol. The molecule has 1 saturated carbocycles. The molecule has 1 aromatic rings. The Labute approximate surface area is 127 Å². The Kier molecular flexibility index (Phi) is 4.03. The summed E-state index contributed by atoms with van der Waals surface area (Å²) < 4.78 is 0. The second-order valence-electron chi connectivity index (χ2n) is 7.81. The topological polar surface area (TPSA) is 37.8 Å². The summed E-state index contributed by atoms with van der Waals surface area (Å²) in [5, 5.41) is 4.14. The maximum absolute atomic E-state index is 6.28. The Morgan fingerprint density at radius 3 is 2.40 bits per heavy atom. The molecular weight excluding hydrogens is 270 g/mol. The van der Waals surface area contributed by atoms with Gasteiger partial charge in [-0.25, -0.2) is 9.97 Å². The van der Waals surface area contributed by atoms with E-state index in [0.29, 0.717) is 16.6 Å². The molecule has 0 aromatic carbocycles. The lowest BCUT2D eigenvalue weighted by molar-refractivity contribution is 0.378. The zero-order valence-corrected chi connectivity index (χ0v) is 14.2. The van der Waals surface area contributed by atoms with Crippen LogP contribution in [0.25, 0.3) is 0 Å². The first-order valence-electron chi connectivity index (χ1n) is 7.40. The van der Waals surface area contributed by atoms with Crippen LogP contribution in [-0.2, 0) is 5.41 Å². The van der Waals surface area contributed by atoms with E-state index < -0.39 is 0 Å². The van der Waals surface area contributed by atoms with Gasteiger partial charge in [-0.2, -0.15) is 0 Å². The molecule has 1 aromatic heterocycles. The van der Waals surface area contributed by atoms with Crippen molar-refractivity contribution in [2.24, 2.45) is 5.41 Å². The van der Waals surface area contributed by atoms with E-state index in [-0.39, 0.29) is 5.41 Å². The van der Waals surface area contributed by atoms with Crippen LogP contribution < -0.4 is 5.32 Å². The molecule has 4 heteroatoms. The number of hydrogen-bond donors (Lipinski definition) is 1. The van der Waals surface area contributed by atoms with E-state index in [1.54, 1.807) is 0 Å². The third-order valence-corrected chi connectivity index (χ3v) is 4.43. The smallest absolute Gasteiger partial charge is 0.137 e. The van der Waals surface area contributed by atoms with Gasteiger partial charge >= 0.3 is 0 Å². The van der Waals surface area contributed by atoms with Gasteiger partial charge in [0.15, 0.2) is 0 Å². The summed E-state index contributed by atoms with van der Waals surface area (Å²) in [6.07, 6.45) is 3.63. The van der Waals surface area contributed by atoms with Crippen LogP contribution in [0, 0.1) is 12.3 Å². The normalized spacial score (nSPS) is 22.1. The van der Waals surface area contributed by atoms with Crippen molar-refractivity contribution in [3.8, 4) is 0 Å². The Morgan fingerprint density at radius 2 is 1.90 bits per heavy atom. The van der Waals surface area contributed by atoms with Crippen LogP contribution in [0.2, 0.25) is 5.15 Å². The number of rotatable bonds is 2. The molecule has 0 spiro atoms. The van der Waals surface area contributed by atoms with E-state index in [9.17, 15) is 0 Å². The van der Waals surface area contributed by atoms with Crippen molar-refractivity contribution in [2.45, 2.75) is 72.3 Å². The van der Waals surface area contributed by atoms with E-state index in [1.165, 1.54) is 19.3 Å². The predicted octanol–water partition coefficient (Wildman–Crippen LogP) is 4.73. The zero-order valence-electron chi connectivity index (χ0n) is 13.5. The van der Waals surface area contributed by atoms with Gasteiger partial charge in [0.05, 0.1) is 0 Å². The summed E-state index contributed by atoms with van der Waals surface area (Å²) in [7, 11) is 0. The molecule has 0 amide bonds. The molecule has 1 aliphatic rings. The molecule has 0 saturated heterocycles. The SMILES string of the molecule is Cc1c(Cl)nc(C(C)(C)C)nc1NC1CCC(C)(C)C1. The monoisotopic (exact) mass is 295 g/mol. The fourth-order valence-electron chi connectivity index (χ4n) is 2.72. The Morgan fingerprint density at radius 1 is 1.25 bits per heavy atom. The maximum atomic E-state index is 6.28. The van der Waals surface area contributed by atoms with Crippen LogP contribution in [0.4, 0.5) is 5.82 Å². The first-order valence-corrected chi connectivity index (χ1v) is 7.77. The van der Waals surface area contributed by atoms with Gasteiger partial charge in [-0.15, -0.1) is 0 Å². The molecule has 1 N–H and O–H groups in total. The first-order chi connectivity index (χ1) is 9.08. The van der Waals surface area contributed by atoms with Crippen molar-refractivity contribution >= 4 is 17.4 Å². The minimum Gasteiger partial charge on any atom is -0.367 e. The van der Waals surface area contributed by atoms with Crippen LogP contribution in [0.3, 0.4) is 0 Å². The van der Waals surface area contributed by atoms with Crippen LogP contribution in [0.5, 0.6) is 0 Å². The lowest BCUT2D eigenvalue weighted by atomic mass is 9.92. The Balaban J connectivity index is 2.25. The molecule has 20 heavy (non-hydrogen) atoms. The van der Waals surface area contributed by atoms with Crippen molar-refractivity contribution in [1.29, 1.82) is 0 Å². The highest BCUT2D eigenvalue weighted by atomic mass is 35.5. The lowest BCUT2D eigenvalue weighted by Gasteiger charge is -2.22. The second-order valence-corrected chi connectivity index (χ2v) is 8.17. The average Bonchev–Trinajstić information content (AvgIpc) is 2.63. The molecule has 3 nitrogen and oxygen atoms in total. The molecule has 1 atom stereocenters. The van der Waals surface area contributed by atoms with Gasteiger partial charge < -0.3 is 5.32 Å². The fourth-order valence-corrected chi connectivity index (χ4v) is 2.89. The van der Waals surface area contributed by atoms with Crippen LogP contribution >= 0.6 is 11.6 Å². The van der Waals surface area contributed by atoms with Crippen molar-refractivity contribution in [3.63, 3.8) is 0 Å². The average molecular weight is 296 g/mol. The van der Waals surface area contributed by atoms with E-state index in [1.807, 2.05) is 6.92 Å². The Bertz CT molecular complexity index is 503. The van der Waals surface area contributed by atoms with E-state index in [0.717, 1.165) is 17.2 Å². The number of hydrogen-bond acceptors (Lipinski definition) is 3. The first kappa shape index (κ1) is 15.6. The summed E-state index contributed by atoms with van der Waals surface area (Å²) >= 11 is 6.28. The zero-order chi connectivity index (χ0) is 15.1. The summed E-state index contributed by atoms with van der Waals surface area (Å²) in [4.78, 5) is 9.13. The van der Waals surface area contributed by atoms with Crippen LogP contribution in [0.1, 0.15) is 65.3 Å². The van der Waals surface area contributed by atoms with Gasteiger partial charge in [-0.3, -0.25) is 0 Å². The molecule has 0 bridgehead atoms. The van der Waals surface area contributed by atoms with Gasteiger partial charge in [0.2, 0.25) is 0 Å². The van der Waals surface area contributed by atoms with Crippen molar-refractivity contribution in [1.82, 2.24) is 9.97 Å².